The van der Waals surface area contributed by atoms with E-state index in [1.165, 1.54) is 10.5 Å². The van der Waals surface area contributed by atoms with E-state index in [1.54, 1.807) is 35.6 Å². The molecular weight excluding hydrogens is 354 g/mol. The van der Waals surface area contributed by atoms with Gasteiger partial charge in [0.1, 0.15) is 5.82 Å². The van der Waals surface area contributed by atoms with Crippen molar-refractivity contribution in [3.05, 3.63) is 47.4 Å². The monoisotopic (exact) mass is 377 g/mol. The third kappa shape index (κ3) is 3.50. The molecule has 0 aliphatic carbocycles. The molecule has 9 heteroatoms. The second kappa shape index (κ2) is 7.18. The van der Waals surface area contributed by atoms with Crippen molar-refractivity contribution in [2.24, 2.45) is 12.8 Å². The normalized spacial score (nSPS) is 16.0. The zero-order valence-corrected chi connectivity index (χ0v) is 15.7. The van der Waals surface area contributed by atoms with Gasteiger partial charge in [-0.15, -0.1) is 0 Å². The lowest BCUT2D eigenvalue weighted by Crippen LogP contribution is -2.50. The Hall–Kier alpha value is -2.23. The van der Waals surface area contributed by atoms with Crippen LogP contribution in [0.25, 0.3) is 0 Å². The first-order chi connectivity index (χ1) is 12.3. The molecule has 0 atom stereocenters. The van der Waals surface area contributed by atoms with Gasteiger partial charge in [-0.2, -0.15) is 4.31 Å². The van der Waals surface area contributed by atoms with E-state index in [1.807, 2.05) is 12.1 Å². The number of benzene rings is 1. The molecule has 0 radical (unpaired) electrons. The standard InChI is InChI=1S/C17H23N5O3S/c1-13-19-16(12-20(13)2)26(24,25)22-9-7-21(8-10-22)17(23)15-5-3-14(11-18)4-6-15/h3-6,12H,7-11,18H2,1-2H3. The topological polar surface area (TPSA) is 102 Å². The Labute approximate surface area is 153 Å². The number of amides is 1. The molecule has 0 spiro atoms. The first-order valence-electron chi connectivity index (χ1n) is 8.41. The van der Waals surface area contributed by atoms with Gasteiger partial charge in [0, 0.05) is 51.5 Å². The largest absolute Gasteiger partial charge is 0.337 e. The van der Waals surface area contributed by atoms with Gasteiger partial charge in [0.05, 0.1) is 0 Å². The van der Waals surface area contributed by atoms with Gasteiger partial charge in [0.15, 0.2) is 5.03 Å². The second-order valence-corrected chi connectivity index (χ2v) is 8.22. The van der Waals surface area contributed by atoms with E-state index in [9.17, 15) is 13.2 Å². The molecular formula is C17H23N5O3S. The number of imidazole rings is 1. The van der Waals surface area contributed by atoms with E-state index in [2.05, 4.69) is 4.98 Å². The van der Waals surface area contributed by atoms with Crippen molar-refractivity contribution in [3.8, 4) is 0 Å². The van der Waals surface area contributed by atoms with Crippen LogP contribution < -0.4 is 5.73 Å². The number of rotatable bonds is 4. The van der Waals surface area contributed by atoms with E-state index >= 15 is 0 Å². The fourth-order valence-corrected chi connectivity index (χ4v) is 4.33. The number of nitrogens with zero attached hydrogens (tertiary/aromatic N) is 4. The van der Waals surface area contributed by atoms with E-state index in [-0.39, 0.29) is 24.0 Å². The lowest BCUT2D eigenvalue weighted by Gasteiger charge is -2.33. The lowest BCUT2D eigenvalue weighted by molar-refractivity contribution is 0.0698. The summed E-state index contributed by atoms with van der Waals surface area (Å²) in [4.78, 5) is 18.4. The van der Waals surface area contributed by atoms with Crippen LogP contribution in [-0.4, -0.2) is 59.3 Å². The molecule has 2 aromatic rings. The summed E-state index contributed by atoms with van der Waals surface area (Å²) in [5.74, 6) is 0.539. The summed E-state index contributed by atoms with van der Waals surface area (Å²) in [7, 11) is -1.88. The van der Waals surface area contributed by atoms with E-state index in [0.717, 1.165) is 5.56 Å². The number of sulfonamides is 1. The summed E-state index contributed by atoms with van der Waals surface area (Å²) < 4.78 is 28.5. The minimum Gasteiger partial charge on any atom is -0.337 e. The molecule has 1 saturated heterocycles. The predicted molar refractivity (Wildman–Crippen MR) is 96.9 cm³/mol. The molecule has 26 heavy (non-hydrogen) atoms. The van der Waals surface area contributed by atoms with Crippen molar-refractivity contribution in [1.29, 1.82) is 0 Å². The van der Waals surface area contributed by atoms with Gasteiger partial charge >= 0.3 is 0 Å². The number of nitrogens with two attached hydrogens (primary N) is 1. The predicted octanol–water partition coefficient (Wildman–Crippen LogP) is 0.334. The Morgan fingerprint density at radius 3 is 2.27 bits per heavy atom. The molecule has 1 aromatic carbocycles. The maximum absolute atomic E-state index is 12.7. The lowest BCUT2D eigenvalue weighted by atomic mass is 10.1. The first-order valence-corrected chi connectivity index (χ1v) is 9.85. The number of hydrogen-bond acceptors (Lipinski definition) is 5. The third-order valence-corrected chi connectivity index (χ3v) is 6.42. The molecule has 3 rings (SSSR count). The Kier molecular flexibility index (Phi) is 5.12. The van der Waals surface area contributed by atoms with Gasteiger partial charge in [-0.1, -0.05) is 12.1 Å². The van der Waals surface area contributed by atoms with Crippen LogP contribution in [0.15, 0.2) is 35.5 Å². The molecule has 1 aromatic heterocycles. The second-order valence-electron chi connectivity index (χ2n) is 6.33. The summed E-state index contributed by atoms with van der Waals surface area (Å²) in [6.45, 7) is 3.39. The van der Waals surface area contributed by atoms with E-state index < -0.39 is 10.0 Å². The first kappa shape index (κ1) is 18.6. The number of aryl methyl sites for hydroxylation is 2. The number of carbonyl (C=O) groups excluding carboxylic acids is 1. The smallest absolute Gasteiger partial charge is 0.262 e. The van der Waals surface area contributed by atoms with Crippen LogP contribution in [0.5, 0.6) is 0 Å². The van der Waals surface area contributed by atoms with Crippen molar-refractivity contribution in [2.75, 3.05) is 26.2 Å². The minimum absolute atomic E-state index is 0.0506. The van der Waals surface area contributed by atoms with Gasteiger partial charge in [0.2, 0.25) is 0 Å². The number of aromatic nitrogens is 2. The molecule has 1 aliphatic heterocycles. The highest BCUT2D eigenvalue weighted by molar-refractivity contribution is 7.89. The Balaban J connectivity index is 1.67. The quantitative estimate of drug-likeness (QED) is 0.828. The Bertz CT molecular complexity index is 877. The summed E-state index contributed by atoms with van der Waals surface area (Å²) >= 11 is 0. The third-order valence-electron chi connectivity index (χ3n) is 4.65. The molecule has 1 aliphatic rings. The van der Waals surface area contributed by atoms with Crippen LogP contribution in [0.4, 0.5) is 0 Å². The average molecular weight is 377 g/mol. The molecule has 1 fully saturated rings. The van der Waals surface area contributed by atoms with Crippen LogP contribution in [0.1, 0.15) is 21.7 Å². The zero-order valence-electron chi connectivity index (χ0n) is 14.9. The fourth-order valence-electron chi connectivity index (χ4n) is 2.88. The van der Waals surface area contributed by atoms with Gasteiger partial charge in [-0.25, -0.2) is 13.4 Å². The molecule has 0 saturated carbocycles. The van der Waals surface area contributed by atoms with Crippen molar-refractivity contribution >= 4 is 15.9 Å². The van der Waals surface area contributed by atoms with Crippen molar-refractivity contribution in [2.45, 2.75) is 18.5 Å². The SMILES string of the molecule is Cc1nc(S(=O)(=O)N2CCN(C(=O)c3ccc(CN)cc3)CC2)cn1C. The van der Waals surface area contributed by atoms with Crippen LogP contribution in [0.3, 0.4) is 0 Å². The molecule has 2 heterocycles. The molecule has 0 bridgehead atoms. The summed E-state index contributed by atoms with van der Waals surface area (Å²) in [6.07, 6.45) is 1.52. The van der Waals surface area contributed by atoms with Crippen molar-refractivity contribution < 1.29 is 13.2 Å². The molecule has 1 amide bonds. The average Bonchev–Trinajstić information content (AvgIpc) is 3.01. The van der Waals surface area contributed by atoms with Gasteiger partial charge in [-0.3, -0.25) is 4.79 Å². The zero-order chi connectivity index (χ0) is 18.9. The van der Waals surface area contributed by atoms with Gasteiger partial charge in [0.25, 0.3) is 15.9 Å². The minimum atomic E-state index is -3.64. The summed E-state index contributed by atoms with van der Waals surface area (Å²) in [6, 6.07) is 7.17. The molecule has 140 valence electrons. The van der Waals surface area contributed by atoms with Gasteiger partial charge < -0.3 is 15.2 Å². The van der Waals surface area contributed by atoms with Crippen molar-refractivity contribution in [1.82, 2.24) is 18.8 Å². The fraction of sp³-hybridized carbons (Fsp3) is 0.412. The maximum atomic E-state index is 12.7. The van der Waals surface area contributed by atoms with E-state index in [4.69, 9.17) is 5.73 Å². The summed E-state index contributed by atoms with van der Waals surface area (Å²) in [5, 5.41) is 0.0506. The summed E-state index contributed by atoms with van der Waals surface area (Å²) in [5.41, 5.74) is 7.11. The van der Waals surface area contributed by atoms with Crippen LogP contribution in [0.2, 0.25) is 0 Å². The number of carbonyl (C=O) groups is 1. The maximum Gasteiger partial charge on any atom is 0.262 e. The molecule has 0 unspecified atom stereocenters. The van der Waals surface area contributed by atoms with Crippen LogP contribution in [-0.2, 0) is 23.6 Å². The number of piperazine rings is 1. The highest BCUT2D eigenvalue weighted by Gasteiger charge is 2.32. The van der Waals surface area contributed by atoms with E-state index in [0.29, 0.717) is 31.0 Å². The Morgan fingerprint density at radius 1 is 1.15 bits per heavy atom. The Morgan fingerprint density at radius 2 is 1.77 bits per heavy atom. The van der Waals surface area contributed by atoms with Gasteiger partial charge in [-0.05, 0) is 24.6 Å². The van der Waals surface area contributed by atoms with Crippen molar-refractivity contribution in [3.63, 3.8) is 0 Å². The molecule has 8 nitrogen and oxygen atoms in total. The highest BCUT2D eigenvalue weighted by atomic mass is 32.2. The van der Waals surface area contributed by atoms with Crippen LogP contribution in [0, 0.1) is 6.92 Å². The highest BCUT2D eigenvalue weighted by Crippen LogP contribution is 2.18. The molecule has 2 N–H and O–H groups in total. The number of hydrogen-bond donors (Lipinski definition) is 1. The van der Waals surface area contributed by atoms with Crippen LogP contribution >= 0.6 is 0 Å².